The molecule has 1 aromatic heterocycles. The summed E-state index contributed by atoms with van der Waals surface area (Å²) in [6, 6.07) is 12.3. The normalized spacial score (nSPS) is 17.7. The molecule has 1 aliphatic rings. The van der Waals surface area contributed by atoms with Crippen LogP contribution in [0.1, 0.15) is 19.7 Å². The first-order chi connectivity index (χ1) is 14.4. The number of fused-ring (bicyclic) bond motifs is 1. The van der Waals surface area contributed by atoms with Gasteiger partial charge >= 0.3 is 0 Å². The molecule has 1 atom stereocenters. The molecule has 1 N–H and O–H groups in total. The lowest BCUT2D eigenvalue weighted by Crippen LogP contribution is -2.50. The highest BCUT2D eigenvalue weighted by molar-refractivity contribution is 5.88. The van der Waals surface area contributed by atoms with Crippen molar-refractivity contribution in [1.29, 1.82) is 0 Å². The molecule has 1 aliphatic heterocycles. The van der Waals surface area contributed by atoms with E-state index in [-0.39, 0.29) is 12.2 Å². The van der Waals surface area contributed by atoms with Crippen LogP contribution in [0.25, 0.3) is 21.9 Å². The molecular weight excluding hydrogens is 378 g/mol. The van der Waals surface area contributed by atoms with Crippen molar-refractivity contribution in [1.82, 2.24) is 14.9 Å². The van der Waals surface area contributed by atoms with Gasteiger partial charge in [0.05, 0.1) is 12.2 Å². The number of rotatable bonds is 6. The Balaban J connectivity index is 1.41. The lowest BCUT2D eigenvalue weighted by molar-refractivity contribution is -0.0947. The van der Waals surface area contributed by atoms with Gasteiger partial charge in [0, 0.05) is 37.6 Å². The highest BCUT2D eigenvalue weighted by Crippen LogP contribution is 2.27. The maximum absolute atomic E-state index is 10.4. The highest BCUT2D eigenvalue weighted by Gasteiger charge is 2.28. The number of aliphatic hydroxyl groups excluding tert-OH is 1. The van der Waals surface area contributed by atoms with Crippen LogP contribution in [-0.4, -0.2) is 64.5 Å². The Hall–Kier alpha value is -2.54. The van der Waals surface area contributed by atoms with Gasteiger partial charge in [-0.15, -0.1) is 0 Å². The second kappa shape index (κ2) is 8.68. The summed E-state index contributed by atoms with van der Waals surface area (Å²) in [4.78, 5) is 10.8. The van der Waals surface area contributed by atoms with E-state index in [1.54, 1.807) is 0 Å². The van der Waals surface area contributed by atoms with Crippen molar-refractivity contribution in [2.75, 3.05) is 32.8 Å². The minimum atomic E-state index is -0.550. The van der Waals surface area contributed by atoms with Crippen LogP contribution in [0.4, 0.5) is 0 Å². The van der Waals surface area contributed by atoms with Crippen LogP contribution in [0, 0.1) is 6.92 Å². The summed E-state index contributed by atoms with van der Waals surface area (Å²) < 4.78 is 11.6. The maximum atomic E-state index is 10.4. The van der Waals surface area contributed by atoms with Gasteiger partial charge in [-0.1, -0.05) is 18.2 Å². The summed E-state index contributed by atoms with van der Waals surface area (Å²) >= 11 is 0. The van der Waals surface area contributed by atoms with Gasteiger partial charge in [0.1, 0.15) is 24.3 Å². The number of nitrogens with zero attached hydrogens (tertiary/aromatic N) is 3. The fourth-order valence-corrected chi connectivity index (χ4v) is 3.85. The SMILES string of the molecule is Cc1ncc(-c2ccc3ccc(OCC(O)CN4CCOC(C)(C)C4)cc3c2)cn1. The van der Waals surface area contributed by atoms with E-state index in [1.807, 2.05) is 37.5 Å². The van der Waals surface area contributed by atoms with Crippen molar-refractivity contribution in [3.63, 3.8) is 0 Å². The Morgan fingerprint density at radius 2 is 1.87 bits per heavy atom. The summed E-state index contributed by atoms with van der Waals surface area (Å²) in [5, 5.41) is 12.7. The zero-order chi connectivity index (χ0) is 21.1. The Morgan fingerprint density at radius 1 is 1.10 bits per heavy atom. The van der Waals surface area contributed by atoms with Gasteiger partial charge in [-0.05, 0) is 55.3 Å². The molecule has 2 aromatic carbocycles. The number of aromatic nitrogens is 2. The Labute approximate surface area is 177 Å². The molecule has 0 saturated carbocycles. The maximum Gasteiger partial charge on any atom is 0.125 e. The van der Waals surface area contributed by atoms with Gasteiger partial charge in [0.15, 0.2) is 0 Å². The largest absolute Gasteiger partial charge is 0.491 e. The third-order valence-corrected chi connectivity index (χ3v) is 5.34. The second-order valence-electron chi connectivity index (χ2n) is 8.55. The number of β-amino-alcohol motifs (C(OH)–C–C–N with tert-alkyl or cyclic N) is 1. The molecule has 0 spiro atoms. The molecule has 6 heteroatoms. The standard InChI is InChI=1S/C24H29N3O3/c1-17-25-12-21(13-26-17)19-5-4-18-6-7-23(11-20(18)10-19)29-15-22(28)14-27-8-9-30-24(2,3)16-27/h4-7,10-13,22,28H,8-9,14-16H2,1-3H3. The number of benzene rings is 2. The molecule has 4 rings (SSSR count). The molecule has 0 bridgehead atoms. The van der Waals surface area contributed by atoms with E-state index < -0.39 is 6.10 Å². The predicted molar refractivity (Wildman–Crippen MR) is 118 cm³/mol. The third-order valence-electron chi connectivity index (χ3n) is 5.34. The van der Waals surface area contributed by atoms with Crippen molar-refractivity contribution in [3.8, 4) is 16.9 Å². The summed E-state index contributed by atoms with van der Waals surface area (Å²) in [7, 11) is 0. The molecule has 1 unspecified atom stereocenters. The molecule has 0 amide bonds. The van der Waals surface area contributed by atoms with Gasteiger partial charge in [-0.3, -0.25) is 4.90 Å². The Kier molecular flexibility index (Phi) is 5.99. The van der Waals surface area contributed by atoms with Crippen LogP contribution in [0.3, 0.4) is 0 Å². The molecule has 0 aliphatic carbocycles. The molecule has 1 saturated heterocycles. The van der Waals surface area contributed by atoms with Crippen molar-refractivity contribution in [2.45, 2.75) is 32.5 Å². The van der Waals surface area contributed by atoms with E-state index in [9.17, 15) is 5.11 Å². The van der Waals surface area contributed by atoms with Crippen LogP contribution in [0.5, 0.6) is 5.75 Å². The van der Waals surface area contributed by atoms with Crippen LogP contribution >= 0.6 is 0 Å². The first-order valence-electron chi connectivity index (χ1n) is 10.4. The minimum absolute atomic E-state index is 0.169. The lowest BCUT2D eigenvalue weighted by atomic mass is 10.0. The smallest absolute Gasteiger partial charge is 0.125 e. The summed E-state index contributed by atoms with van der Waals surface area (Å²) in [6.45, 7) is 9.21. The molecule has 6 nitrogen and oxygen atoms in total. The average molecular weight is 408 g/mol. The zero-order valence-electron chi connectivity index (χ0n) is 17.8. The number of morpholine rings is 1. The predicted octanol–water partition coefficient (Wildman–Crippen LogP) is 3.46. The molecule has 158 valence electrons. The number of ether oxygens (including phenoxy) is 2. The van der Waals surface area contributed by atoms with Crippen molar-refractivity contribution in [2.24, 2.45) is 0 Å². The number of aliphatic hydroxyl groups is 1. The summed E-state index contributed by atoms with van der Waals surface area (Å²) in [6.07, 6.45) is 3.13. The lowest BCUT2D eigenvalue weighted by Gasteiger charge is -2.38. The fraction of sp³-hybridized carbons (Fsp3) is 0.417. The van der Waals surface area contributed by atoms with E-state index in [4.69, 9.17) is 9.47 Å². The van der Waals surface area contributed by atoms with Gasteiger partial charge in [-0.2, -0.15) is 0 Å². The highest BCUT2D eigenvalue weighted by atomic mass is 16.5. The molecule has 2 heterocycles. The first-order valence-corrected chi connectivity index (χ1v) is 10.4. The van der Waals surface area contributed by atoms with Gasteiger partial charge in [0.2, 0.25) is 0 Å². The van der Waals surface area contributed by atoms with Crippen LogP contribution in [-0.2, 0) is 4.74 Å². The van der Waals surface area contributed by atoms with Crippen LogP contribution < -0.4 is 4.74 Å². The topological polar surface area (TPSA) is 67.7 Å². The number of aryl methyl sites for hydroxylation is 1. The van der Waals surface area contributed by atoms with Crippen molar-refractivity contribution < 1.29 is 14.6 Å². The summed E-state index contributed by atoms with van der Waals surface area (Å²) in [5.74, 6) is 1.51. The van der Waals surface area contributed by atoms with E-state index in [0.29, 0.717) is 13.2 Å². The fourth-order valence-electron chi connectivity index (χ4n) is 3.85. The molecule has 30 heavy (non-hydrogen) atoms. The number of hydrogen-bond acceptors (Lipinski definition) is 6. The van der Waals surface area contributed by atoms with E-state index in [2.05, 4.69) is 46.9 Å². The van der Waals surface area contributed by atoms with E-state index in [1.165, 1.54) is 0 Å². The molecule has 1 fully saturated rings. The van der Waals surface area contributed by atoms with Crippen molar-refractivity contribution in [3.05, 3.63) is 54.6 Å². The zero-order valence-corrected chi connectivity index (χ0v) is 17.8. The Morgan fingerprint density at radius 3 is 2.63 bits per heavy atom. The summed E-state index contributed by atoms with van der Waals surface area (Å²) in [5.41, 5.74) is 1.88. The van der Waals surface area contributed by atoms with E-state index >= 15 is 0 Å². The van der Waals surface area contributed by atoms with E-state index in [0.717, 1.165) is 46.6 Å². The van der Waals surface area contributed by atoms with Crippen LogP contribution in [0.15, 0.2) is 48.8 Å². The van der Waals surface area contributed by atoms with Crippen molar-refractivity contribution >= 4 is 10.8 Å². The number of hydrogen-bond donors (Lipinski definition) is 1. The Bertz CT molecular complexity index is 1000. The van der Waals surface area contributed by atoms with Gasteiger partial charge in [-0.25, -0.2) is 9.97 Å². The van der Waals surface area contributed by atoms with Gasteiger partial charge < -0.3 is 14.6 Å². The minimum Gasteiger partial charge on any atom is -0.491 e. The molecule has 3 aromatic rings. The first kappa shape index (κ1) is 20.7. The van der Waals surface area contributed by atoms with Crippen LogP contribution in [0.2, 0.25) is 0 Å². The molecular formula is C24H29N3O3. The average Bonchev–Trinajstić information content (AvgIpc) is 2.71. The quantitative estimate of drug-likeness (QED) is 0.675. The molecule has 0 radical (unpaired) electrons. The monoisotopic (exact) mass is 407 g/mol. The van der Waals surface area contributed by atoms with Gasteiger partial charge in [0.25, 0.3) is 0 Å². The third kappa shape index (κ3) is 5.14. The second-order valence-corrected chi connectivity index (χ2v) is 8.55.